The van der Waals surface area contributed by atoms with Gasteiger partial charge in [-0.2, -0.15) is 0 Å². The summed E-state index contributed by atoms with van der Waals surface area (Å²) in [5.74, 6) is 2.21. The summed E-state index contributed by atoms with van der Waals surface area (Å²) in [6, 6.07) is 5.78. The Balaban J connectivity index is 1.84. The molecule has 0 fully saturated rings. The highest BCUT2D eigenvalue weighted by molar-refractivity contribution is 7.88. The first kappa shape index (κ1) is 20.3. The molecular formula is C17H28N4O4S. The molecule has 1 aliphatic heterocycles. The number of guanidine groups is 1. The van der Waals surface area contributed by atoms with Gasteiger partial charge in [0.2, 0.25) is 16.8 Å². The molecule has 0 spiro atoms. The third-order valence-corrected chi connectivity index (χ3v) is 5.28. The second kappa shape index (κ2) is 9.63. The molecule has 0 saturated heterocycles. The summed E-state index contributed by atoms with van der Waals surface area (Å²) in [7, 11) is -3.14. The predicted octanol–water partition coefficient (Wildman–Crippen LogP) is 1.14. The Morgan fingerprint density at radius 1 is 1.23 bits per heavy atom. The van der Waals surface area contributed by atoms with E-state index >= 15 is 0 Å². The van der Waals surface area contributed by atoms with E-state index in [-0.39, 0.29) is 6.79 Å². The van der Waals surface area contributed by atoms with Crippen LogP contribution >= 0.6 is 0 Å². The van der Waals surface area contributed by atoms with Gasteiger partial charge in [0.05, 0.1) is 12.8 Å². The van der Waals surface area contributed by atoms with Crippen LogP contribution < -0.4 is 20.1 Å². The molecule has 2 N–H and O–H groups in total. The number of aliphatic imine (C=N–C) groups is 1. The van der Waals surface area contributed by atoms with Gasteiger partial charge in [-0.05, 0) is 31.0 Å². The third-order valence-electron chi connectivity index (χ3n) is 3.90. The van der Waals surface area contributed by atoms with Gasteiger partial charge in [-0.25, -0.2) is 17.7 Å². The molecule has 9 heteroatoms. The molecule has 1 aromatic carbocycles. The van der Waals surface area contributed by atoms with Crippen LogP contribution in [0.25, 0.3) is 0 Å². The fraction of sp³-hybridized carbons (Fsp3) is 0.588. The molecule has 146 valence electrons. The van der Waals surface area contributed by atoms with Crippen LogP contribution in [0.1, 0.15) is 25.8 Å². The van der Waals surface area contributed by atoms with Crippen molar-refractivity contribution in [3.63, 3.8) is 0 Å². The van der Waals surface area contributed by atoms with Gasteiger partial charge in [0.1, 0.15) is 0 Å². The van der Waals surface area contributed by atoms with E-state index in [2.05, 4.69) is 15.6 Å². The van der Waals surface area contributed by atoms with Crippen molar-refractivity contribution < 1.29 is 17.9 Å². The second-order valence-corrected chi connectivity index (χ2v) is 7.90. The number of nitrogens with one attached hydrogen (secondary N) is 2. The number of rotatable bonds is 9. The maximum atomic E-state index is 11.6. The summed E-state index contributed by atoms with van der Waals surface area (Å²) in [4.78, 5) is 4.56. The van der Waals surface area contributed by atoms with Crippen LogP contribution in [0.5, 0.6) is 11.5 Å². The molecule has 1 heterocycles. The van der Waals surface area contributed by atoms with E-state index in [9.17, 15) is 8.42 Å². The molecule has 2 rings (SSSR count). The average Bonchev–Trinajstić information content (AvgIpc) is 3.06. The Kier molecular flexibility index (Phi) is 7.52. The Bertz CT molecular complexity index is 721. The van der Waals surface area contributed by atoms with Gasteiger partial charge in [0.25, 0.3) is 0 Å². The fourth-order valence-electron chi connectivity index (χ4n) is 2.57. The van der Waals surface area contributed by atoms with Gasteiger partial charge < -0.3 is 20.1 Å². The van der Waals surface area contributed by atoms with E-state index in [1.807, 2.05) is 32.0 Å². The van der Waals surface area contributed by atoms with E-state index in [1.165, 1.54) is 10.6 Å². The summed E-state index contributed by atoms with van der Waals surface area (Å²) >= 11 is 0. The lowest BCUT2D eigenvalue weighted by molar-refractivity contribution is 0.174. The molecule has 0 radical (unpaired) electrons. The number of hydrogen-bond donors (Lipinski definition) is 2. The Morgan fingerprint density at radius 2 is 2.00 bits per heavy atom. The van der Waals surface area contributed by atoms with Crippen LogP contribution in [0, 0.1) is 0 Å². The number of sulfonamides is 1. The number of fused-ring (bicyclic) bond motifs is 1. The zero-order valence-electron chi connectivity index (χ0n) is 15.6. The zero-order chi connectivity index (χ0) is 19.0. The molecule has 0 saturated carbocycles. The summed E-state index contributed by atoms with van der Waals surface area (Å²) < 4.78 is 35.3. The van der Waals surface area contributed by atoms with Crippen molar-refractivity contribution in [1.29, 1.82) is 0 Å². The van der Waals surface area contributed by atoms with Crippen LogP contribution in [0.3, 0.4) is 0 Å². The van der Waals surface area contributed by atoms with E-state index in [0.29, 0.717) is 38.6 Å². The van der Waals surface area contributed by atoms with Crippen LogP contribution in [0.4, 0.5) is 0 Å². The minimum Gasteiger partial charge on any atom is -0.454 e. The zero-order valence-corrected chi connectivity index (χ0v) is 16.4. The molecular weight excluding hydrogens is 356 g/mol. The quantitative estimate of drug-likeness (QED) is 0.377. The summed E-state index contributed by atoms with van der Waals surface area (Å²) in [6.45, 7) is 6.97. The minimum atomic E-state index is -3.14. The smallest absolute Gasteiger partial charge is 0.231 e. The van der Waals surface area contributed by atoms with Gasteiger partial charge >= 0.3 is 0 Å². The number of benzene rings is 1. The maximum absolute atomic E-state index is 11.6. The summed E-state index contributed by atoms with van der Waals surface area (Å²) in [6.07, 6.45) is 1.94. The van der Waals surface area contributed by atoms with E-state index in [0.717, 1.165) is 23.6 Å². The standard InChI is InChI=1S/C17H28N4O4S/c1-4-18-17(19-9-6-10-21(5-2)26(3,22)23)20-12-14-7-8-15-16(11-14)25-13-24-15/h7-8,11H,4-6,9-10,12-13H2,1-3H3,(H2,18,19,20). The van der Waals surface area contributed by atoms with Crippen LogP contribution in [0.2, 0.25) is 0 Å². The molecule has 0 aromatic heterocycles. The number of hydrogen-bond acceptors (Lipinski definition) is 5. The number of nitrogens with zero attached hydrogens (tertiary/aromatic N) is 2. The fourth-order valence-corrected chi connectivity index (χ4v) is 3.50. The number of ether oxygens (including phenoxy) is 2. The molecule has 0 bridgehead atoms. The maximum Gasteiger partial charge on any atom is 0.231 e. The van der Waals surface area contributed by atoms with Crippen molar-refractivity contribution in [3.8, 4) is 11.5 Å². The third kappa shape index (κ3) is 6.06. The highest BCUT2D eigenvalue weighted by Crippen LogP contribution is 2.32. The largest absolute Gasteiger partial charge is 0.454 e. The SMILES string of the molecule is CCNC(=NCc1ccc2c(c1)OCO2)NCCCN(CC)S(C)(=O)=O. The van der Waals surface area contributed by atoms with Gasteiger partial charge in [-0.1, -0.05) is 13.0 Å². The lowest BCUT2D eigenvalue weighted by Crippen LogP contribution is -2.39. The van der Waals surface area contributed by atoms with E-state index in [1.54, 1.807) is 0 Å². The van der Waals surface area contributed by atoms with Crippen molar-refractivity contribution >= 4 is 16.0 Å². The van der Waals surface area contributed by atoms with Gasteiger partial charge in [0.15, 0.2) is 17.5 Å². The van der Waals surface area contributed by atoms with Crippen molar-refractivity contribution in [2.45, 2.75) is 26.8 Å². The van der Waals surface area contributed by atoms with Crippen LogP contribution in [-0.2, 0) is 16.6 Å². The normalized spacial score (nSPS) is 13.9. The minimum absolute atomic E-state index is 0.258. The highest BCUT2D eigenvalue weighted by Gasteiger charge is 2.14. The molecule has 8 nitrogen and oxygen atoms in total. The van der Waals surface area contributed by atoms with Crippen LogP contribution in [-0.4, -0.2) is 57.9 Å². The molecule has 0 aliphatic carbocycles. The molecule has 0 unspecified atom stereocenters. The monoisotopic (exact) mass is 384 g/mol. The van der Waals surface area contributed by atoms with Crippen molar-refractivity contribution in [1.82, 2.24) is 14.9 Å². The first-order chi connectivity index (χ1) is 12.4. The topological polar surface area (TPSA) is 92.3 Å². The molecule has 1 aliphatic rings. The Morgan fingerprint density at radius 3 is 2.69 bits per heavy atom. The molecule has 0 amide bonds. The van der Waals surface area contributed by atoms with Gasteiger partial charge in [-0.3, -0.25) is 0 Å². The predicted molar refractivity (Wildman–Crippen MR) is 102 cm³/mol. The summed E-state index contributed by atoms with van der Waals surface area (Å²) in [5, 5.41) is 6.42. The molecule has 0 atom stereocenters. The Labute approximate surface area is 155 Å². The van der Waals surface area contributed by atoms with Crippen molar-refractivity contribution in [2.24, 2.45) is 4.99 Å². The van der Waals surface area contributed by atoms with Gasteiger partial charge in [-0.15, -0.1) is 0 Å². The van der Waals surface area contributed by atoms with E-state index in [4.69, 9.17) is 9.47 Å². The summed E-state index contributed by atoms with van der Waals surface area (Å²) in [5.41, 5.74) is 1.03. The van der Waals surface area contributed by atoms with Crippen molar-refractivity contribution in [3.05, 3.63) is 23.8 Å². The molecule has 1 aromatic rings. The van der Waals surface area contributed by atoms with Crippen LogP contribution in [0.15, 0.2) is 23.2 Å². The van der Waals surface area contributed by atoms with Crippen molar-refractivity contribution in [2.75, 3.05) is 39.2 Å². The highest BCUT2D eigenvalue weighted by atomic mass is 32.2. The average molecular weight is 385 g/mol. The Hall–Kier alpha value is -2.00. The van der Waals surface area contributed by atoms with E-state index < -0.39 is 10.0 Å². The first-order valence-corrected chi connectivity index (χ1v) is 10.6. The second-order valence-electron chi connectivity index (χ2n) is 5.92. The molecule has 26 heavy (non-hydrogen) atoms. The lowest BCUT2D eigenvalue weighted by atomic mass is 10.2. The first-order valence-electron chi connectivity index (χ1n) is 8.79. The lowest BCUT2D eigenvalue weighted by Gasteiger charge is -2.18. The van der Waals surface area contributed by atoms with Gasteiger partial charge in [0, 0.05) is 26.2 Å².